The van der Waals surface area contributed by atoms with Crippen LogP contribution in [-0.4, -0.2) is 40.4 Å². The Morgan fingerprint density at radius 2 is 1.46 bits per heavy atom. The third-order valence-electron chi connectivity index (χ3n) is 5.06. The average molecular weight is 514 g/mol. The maximum absolute atomic E-state index is 12.4. The number of halogens is 2. The number of hydrogen-bond acceptors (Lipinski definition) is 6. The fraction of sp³-hybridized carbons (Fsp3) is 0.185. The molecule has 3 aromatic carbocycles. The van der Waals surface area contributed by atoms with Crippen molar-refractivity contribution in [3.63, 3.8) is 0 Å². The summed E-state index contributed by atoms with van der Waals surface area (Å²) >= 11 is 12.4. The van der Waals surface area contributed by atoms with Crippen LogP contribution in [0.2, 0.25) is 10.0 Å². The van der Waals surface area contributed by atoms with Crippen LogP contribution in [0.15, 0.2) is 53.5 Å². The number of carbonyl (C=O) groups excluding carboxylic acids is 1. The van der Waals surface area contributed by atoms with Crippen molar-refractivity contribution < 1.29 is 23.7 Å². The van der Waals surface area contributed by atoms with E-state index in [4.69, 9.17) is 42.1 Å². The quantitative estimate of drug-likeness (QED) is 0.163. The number of ketones is 1. The number of Topliss-reactive ketones (excluding diaryl/α,β-unsaturated/α-hetero) is 1. The van der Waals surface area contributed by atoms with Crippen molar-refractivity contribution in [2.45, 2.75) is 6.42 Å². The highest BCUT2D eigenvalue weighted by Gasteiger charge is 2.13. The molecule has 3 rings (SSSR count). The second kappa shape index (κ2) is 12.3. The topological polar surface area (TPSA) is 66.4 Å². The lowest BCUT2D eigenvalue weighted by molar-refractivity contribution is 0.100. The van der Waals surface area contributed by atoms with Crippen LogP contribution in [0.25, 0.3) is 12.2 Å². The minimum absolute atomic E-state index is 0.0974. The highest BCUT2D eigenvalue weighted by molar-refractivity contribution is 6.32. The van der Waals surface area contributed by atoms with Crippen molar-refractivity contribution in [1.29, 1.82) is 0 Å². The molecule has 0 amide bonds. The Kier molecular flexibility index (Phi) is 9.18. The average Bonchev–Trinajstić information content (AvgIpc) is 2.86. The molecule has 0 aliphatic carbocycles. The summed E-state index contributed by atoms with van der Waals surface area (Å²) in [5, 5.41) is 0.903. The molecule has 0 aliphatic rings. The number of nitrogens with zero attached hydrogens (tertiary/aromatic N) is 1. The van der Waals surface area contributed by atoms with Crippen LogP contribution in [0.1, 0.15) is 27.9 Å². The summed E-state index contributed by atoms with van der Waals surface area (Å²) in [6.07, 6.45) is 5.40. The molecule has 0 heterocycles. The van der Waals surface area contributed by atoms with Gasteiger partial charge in [-0.15, -0.1) is 0 Å². The molecule has 8 heteroatoms. The van der Waals surface area contributed by atoms with E-state index in [9.17, 15) is 4.79 Å². The van der Waals surface area contributed by atoms with Gasteiger partial charge in [-0.2, -0.15) is 0 Å². The van der Waals surface area contributed by atoms with E-state index in [1.165, 1.54) is 13.3 Å². The first kappa shape index (κ1) is 26.1. The number of ether oxygens (including phenoxy) is 4. The smallest absolute Gasteiger partial charge is 0.203 e. The van der Waals surface area contributed by atoms with Crippen LogP contribution in [0, 0.1) is 0 Å². The van der Waals surface area contributed by atoms with Crippen molar-refractivity contribution in [3.05, 3.63) is 75.3 Å². The summed E-state index contributed by atoms with van der Waals surface area (Å²) in [5.41, 5.74) is 2.65. The van der Waals surface area contributed by atoms with Gasteiger partial charge < -0.3 is 18.9 Å². The van der Waals surface area contributed by atoms with E-state index >= 15 is 0 Å². The first-order chi connectivity index (χ1) is 16.9. The minimum Gasteiger partial charge on any atom is -0.493 e. The lowest BCUT2D eigenvalue weighted by atomic mass is 10.1. The largest absolute Gasteiger partial charge is 0.493 e. The number of benzene rings is 3. The number of carbonyl (C=O) groups is 1. The summed E-state index contributed by atoms with van der Waals surface area (Å²) < 4.78 is 21.6. The zero-order valence-corrected chi connectivity index (χ0v) is 21.3. The molecule has 0 radical (unpaired) electrons. The van der Waals surface area contributed by atoms with E-state index in [0.29, 0.717) is 44.3 Å². The Labute approximate surface area is 214 Å². The van der Waals surface area contributed by atoms with Crippen molar-refractivity contribution in [1.82, 2.24) is 0 Å². The molecule has 0 atom stereocenters. The fourth-order valence-electron chi connectivity index (χ4n) is 3.39. The van der Waals surface area contributed by atoms with E-state index in [1.807, 2.05) is 30.4 Å². The lowest BCUT2D eigenvalue weighted by Crippen LogP contribution is -1.99. The first-order valence-electron chi connectivity index (χ1n) is 10.6. The van der Waals surface area contributed by atoms with E-state index in [1.54, 1.807) is 51.7 Å². The SMILES string of the molecule is COc1cc(/C=C\c2cc(Cl)c(OC)c(N=CCC(=O)c3cccc(Cl)c3)c2)cc(OC)c1OC. The van der Waals surface area contributed by atoms with Gasteiger partial charge in [0, 0.05) is 23.2 Å². The molecule has 0 saturated heterocycles. The third kappa shape index (κ3) is 6.56. The lowest BCUT2D eigenvalue weighted by Gasteiger charge is -2.13. The van der Waals surface area contributed by atoms with Crippen LogP contribution >= 0.6 is 23.2 Å². The van der Waals surface area contributed by atoms with Gasteiger partial charge in [0.05, 0.1) is 33.5 Å². The van der Waals surface area contributed by atoms with Crippen LogP contribution in [-0.2, 0) is 0 Å². The van der Waals surface area contributed by atoms with Gasteiger partial charge in [-0.25, -0.2) is 0 Å². The van der Waals surface area contributed by atoms with Crippen LogP contribution < -0.4 is 18.9 Å². The number of aliphatic imine (C=N–C) groups is 1. The second-order valence-corrected chi connectivity index (χ2v) is 8.14. The summed E-state index contributed by atoms with van der Waals surface area (Å²) in [7, 11) is 6.20. The van der Waals surface area contributed by atoms with E-state index < -0.39 is 0 Å². The molecule has 35 heavy (non-hydrogen) atoms. The monoisotopic (exact) mass is 513 g/mol. The molecule has 0 fully saturated rings. The molecule has 0 N–H and O–H groups in total. The number of methoxy groups -OCH3 is 4. The summed E-state index contributed by atoms with van der Waals surface area (Å²) in [6, 6.07) is 14.1. The van der Waals surface area contributed by atoms with E-state index in [2.05, 4.69) is 4.99 Å². The van der Waals surface area contributed by atoms with Crippen molar-refractivity contribution in [2.24, 2.45) is 4.99 Å². The van der Waals surface area contributed by atoms with E-state index in [0.717, 1.165) is 11.1 Å². The molecule has 0 aliphatic heterocycles. The minimum atomic E-state index is -0.0974. The predicted octanol–water partition coefficient (Wildman–Crippen LogP) is 7.17. The molecular formula is C27H25Cl2NO5. The van der Waals surface area contributed by atoms with Gasteiger partial charge >= 0.3 is 0 Å². The van der Waals surface area contributed by atoms with Crippen molar-refractivity contribution in [2.75, 3.05) is 28.4 Å². The van der Waals surface area contributed by atoms with Gasteiger partial charge in [-0.1, -0.05) is 47.5 Å². The van der Waals surface area contributed by atoms with Gasteiger partial charge in [0.2, 0.25) is 5.75 Å². The predicted molar refractivity (Wildman–Crippen MR) is 142 cm³/mol. The maximum Gasteiger partial charge on any atom is 0.203 e. The number of hydrogen-bond donors (Lipinski definition) is 0. The summed E-state index contributed by atoms with van der Waals surface area (Å²) in [4.78, 5) is 16.9. The standard InChI is InChI=1S/C27H25Cl2NO5/c1-32-24-14-18(15-25(33-2)27(24)35-4)9-8-17-12-21(29)26(34-3)22(13-17)30-11-10-23(31)19-6-5-7-20(28)16-19/h5-9,11-16H,10H2,1-4H3/b9-8-,30-11?. The third-order valence-corrected chi connectivity index (χ3v) is 5.58. The second-order valence-electron chi connectivity index (χ2n) is 7.30. The maximum atomic E-state index is 12.4. The van der Waals surface area contributed by atoms with Gasteiger partial charge in [0.1, 0.15) is 5.69 Å². The Bertz CT molecular complexity index is 1250. The molecule has 0 saturated carbocycles. The summed E-state index contributed by atoms with van der Waals surface area (Å²) in [6.45, 7) is 0. The molecule has 6 nitrogen and oxygen atoms in total. The Morgan fingerprint density at radius 1 is 0.829 bits per heavy atom. The van der Waals surface area contributed by atoms with Crippen LogP contribution in [0.5, 0.6) is 23.0 Å². The van der Waals surface area contributed by atoms with Crippen LogP contribution in [0.3, 0.4) is 0 Å². The van der Waals surface area contributed by atoms with Crippen molar-refractivity contribution in [3.8, 4) is 23.0 Å². The highest BCUT2D eigenvalue weighted by Crippen LogP contribution is 2.39. The molecule has 0 spiro atoms. The number of rotatable bonds is 10. The van der Waals surface area contributed by atoms with E-state index in [-0.39, 0.29) is 12.2 Å². The molecule has 0 unspecified atom stereocenters. The van der Waals surface area contributed by atoms with Gasteiger partial charge in [0.25, 0.3) is 0 Å². The van der Waals surface area contributed by atoms with Crippen LogP contribution in [0.4, 0.5) is 5.69 Å². The zero-order chi connectivity index (χ0) is 25.4. The molecule has 0 bridgehead atoms. The normalized spacial score (nSPS) is 11.1. The Hall–Kier alpha value is -3.48. The molecule has 182 valence electrons. The Morgan fingerprint density at radius 3 is 2.03 bits per heavy atom. The Balaban J connectivity index is 1.86. The summed E-state index contributed by atoms with van der Waals surface area (Å²) in [5.74, 6) is 1.94. The fourth-order valence-corrected chi connectivity index (χ4v) is 3.88. The van der Waals surface area contributed by atoms with Gasteiger partial charge in [0.15, 0.2) is 23.0 Å². The molecule has 3 aromatic rings. The molecular weight excluding hydrogens is 489 g/mol. The zero-order valence-electron chi connectivity index (χ0n) is 19.8. The highest BCUT2D eigenvalue weighted by atomic mass is 35.5. The van der Waals surface area contributed by atoms with Gasteiger partial charge in [-0.05, 0) is 47.5 Å². The van der Waals surface area contributed by atoms with Gasteiger partial charge in [-0.3, -0.25) is 9.79 Å². The van der Waals surface area contributed by atoms with Crippen molar-refractivity contribution >= 4 is 53.0 Å². The first-order valence-corrected chi connectivity index (χ1v) is 11.3. The molecule has 0 aromatic heterocycles.